The fourth-order valence-corrected chi connectivity index (χ4v) is 4.60. The topological polar surface area (TPSA) is 39.3 Å². The Morgan fingerprint density at radius 2 is 1.79 bits per heavy atom. The highest BCUT2D eigenvalue weighted by Crippen LogP contribution is 2.36. The summed E-state index contributed by atoms with van der Waals surface area (Å²) in [7, 11) is 0. The molecule has 28 heavy (non-hydrogen) atoms. The van der Waals surface area contributed by atoms with Crippen LogP contribution in [0.1, 0.15) is 76.6 Å². The molecule has 1 unspecified atom stereocenters. The molecule has 2 heterocycles. The predicted molar refractivity (Wildman–Crippen MR) is 118 cm³/mol. The molecule has 1 aliphatic rings. The maximum atomic E-state index is 12.3. The van der Waals surface area contributed by atoms with Crippen LogP contribution in [0.5, 0.6) is 0 Å². The summed E-state index contributed by atoms with van der Waals surface area (Å²) in [5.74, 6) is 0.197. The Kier molecular flexibility index (Phi) is 7.55. The van der Waals surface area contributed by atoms with Gasteiger partial charge in [0.25, 0.3) is 0 Å². The first kappa shape index (κ1) is 20.9. The molecule has 4 nitrogen and oxygen atoms in total. The van der Waals surface area contributed by atoms with E-state index in [-0.39, 0.29) is 11.9 Å². The van der Waals surface area contributed by atoms with Crippen LogP contribution in [0.25, 0.3) is 10.9 Å². The number of aromatic amines is 1. The van der Waals surface area contributed by atoms with E-state index in [1.807, 2.05) is 0 Å². The summed E-state index contributed by atoms with van der Waals surface area (Å²) in [6.45, 7) is 10.6. The summed E-state index contributed by atoms with van der Waals surface area (Å²) in [6, 6.07) is 8.75. The number of aromatic nitrogens is 1. The van der Waals surface area contributed by atoms with E-state index < -0.39 is 0 Å². The summed E-state index contributed by atoms with van der Waals surface area (Å²) < 4.78 is 0. The van der Waals surface area contributed by atoms with Crippen LogP contribution in [0.3, 0.4) is 0 Å². The number of carbonyl (C=O) groups excluding carboxylic acids is 1. The highest BCUT2D eigenvalue weighted by Gasteiger charge is 2.31. The maximum absolute atomic E-state index is 12.3. The molecular formula is C24H37N3O. The number of unbranched alkanes of at least 4 members (excludes halogenated alkanes) is 2. The summed E-state index contributed by atoms with van der Waals surface area (Å²) in [5.41, 5.74) is 3.90. The van der Waals surface area contributed by atoms with Crippen LogP contribution >= 0.6 is 0 Å². The van der Waals surface area contributed by atoms with Gasteiger partial charge in [-0.1, -0.05) is 44.9 Å². The van der Waals surface area contributed by atoms with Crippen molar-refractivity contribution in [3.8, 4) is 0 Å². The number of rotatable bonds is 10. The second kappa shape index (κ2) is 10.1. The number of nitrogens with one attached hydrogen (secondary N) is 1. The summed E-state index contributed by atoms with van der Waals surface area (Å²) >= 11 is 0. The molecular weight excluding hydrogens is 346 g/mol. The summed E-state index contributed by atoms with van der Waals surface area (Å²) in [6.07, 6.45) is 8.18. The zero-order chi connectivity index (χ0) is 19.9. The Morgan fingerprint density at radius 3 is 2.46 bits per heavy atom. The fourth-order valence-electron chi connectivity index (χ4n) is 4.60. The predicted octanol–water partition coefficient (Wildman–Crippen LogP) is 5.30. The highest BCUT2D eigenvalue weighted by molar-refractivity contribution is 5.86. The highest BCUT2D eigenvalue weighted by atomic mass is 16.2. The fraction of sp³-hybridized carbons (Fsp3) is 0.625. The number of amides is 1. The van der Waals surface area contributed by atoms with Crippen LogP contribution < -0.4 is 0 Å². The van der Waals surface area contributed by atoms with Gasteiger partial charge in [-0.15, -0.1) is 0 Å². The lowest BCUT2D eigenvalue weighted by Crippen LogP contribution is -2.39. The van der Waals surface area contributed by atoms with E-state index in [1.165, 1.54) is 60.9 Å². The lowest BCUT2D eigenvalue weighted by atomic mass is 9.94. The number of H-pyrrole nitrogens is 1. The van der Waals surface area contributed by atoms with Crippen LogP contribution in [0.2, 0.25) is 0 Å². The van der Waals surface area contributed by atoms with Crippen LogP contribution in [0, 0.1) is 0 Å². The molecule has 1 aromatic carbocycles. The van der Waals surface area contributed by atoms with Crippen LogP contribution in [0.15, 0.2) is 24.3 Å². The van der Waals surface area contributed by atoms with Gasteiger partial charge in [-0.2, -0.15) is 0 Å². The van der Waals surface area contributed by atoms with Gasteiger partial charge >= 0.3 is 0 Å². The van der Waals surface area contributed by atoms with E-state index in [4.69, 9.17) is 0 Å². The van der Waals surface area contributed by atoms with E-state index >= 15 is 0 Å². The van der Waals surface area contributed by atoms with E-state index in [1.54, 1.807) is 6.92 Å². The summed E-state index contributed by atoms with van der Waals surface area (Å²) in [5, 5.41) is 1.33. The van der Waals surface area contributed by atoms with Crippen molar-refractivity contribution in [2.24, 2.45) is 0 Å². The molecule has 4 heteroatoms. The van der Waals surface area contributed by atoms with Gasteiger partial charge in [0.1, 0.15) is 0 Å². The van der Waals surface area contributed by atoms with Crippen molar-refractivity contribution in [3.05, 3.63) is 35.5 Å². The van der Waals surface area contributed by atoms with Gasteiger partial charge in [0, 0.05) is 30.1 Å². The minimum Gasteiger partial charge on any atom is -0.356 e. The zero-order valence-corrected chi connectivity index (χ0v) is 18.0. The number of benzene rings is 1. The first-order valence-electron chi connectivity index (χ1n) is 11.2. The number of carbonyl (C=O) groups is 1. The zero-order valence-electron chi connectivity index (χ0n) is 18.0. The Balaban J connectivity index is 1.72. The first-order chi connectivity index (χ1) is 13.7. The lowest BCUT2D eigenvalue weighted by Gasteiger charge is -2.36. The third-order valence-electron chi connectivity index (χ3n) is 6.17. The van der Waals surface area contributed by atoms with Gasteiger partial charge in [-0.3, -0.25) is 4.79 Å². The molecule has 1 amide bonds. The third-order valence-corrected chi connectivity index (χ3v) is 6.17. The molecule has 1 atom stereocenters. The van der Waals surface area contributed by atoms with E-state index in [9.17, 15) is 4.79 Å². The van der Waals surface area contributed by atoms with Crippen molar-refractivity contribution < 1.29 is 4.79 Å². The minimum absolute atomic E-state index is 0.188. The molecule has 154 valence electrons. The summed E-state index contributed by atoms with van der Waals surface area (Å²) in [4.78, 5) is 20.7. The normalized spacial score (nSPS) is 16.7. The van der Waals surface area contributed by atoms with Crippen molar-refractivity contribution >= 4 is 16.8 Å². The van der Waals surface area contributed by atoms with Gasteiger partial charge in [0.05, 0.1) is 6.04 Å². The minimum atomic E-state index is 0.188. The molecule has 1 N–H and O–H groups in total. The number of hydrogen-bond acceptors (Lipinski definition) is 2. The van der Waals surface area contributed by atoms with Gasteiger partial charge in [0.2, 0.25) is 5.91 Å². The molecule has 0 bridgehead atoms. The molecule has 0 saturated carbocycles. The monoisotopic (exact) mass is 383 g/mol. The second-order valence-corrected chi connectivity index (χ2v) is 8.23. The molecule has 0 fully saturated rings. The quantitative estimate of drug-likeness (QED) is 0.605. The second-order valence-electron chi connectivity index (χ2n) is 8.23. The SMILES string of the molecule is CCCCN(CCCC)CCCC1c2[nH]c3ccccc3c2CCN1C(C)=O. The molecule has 1 aromatic heterocycles. The molecule has 0 aliphatic carbocycles. The molecule has 0 saturated heterocycles. The first-order valence-corrected chi connectivity index (χ1v) is 11.2. The number of para-hydroxylation sites is 1. The third kappa shape index (κ3) is 4.78. The lowest BCUT2D eigenvalue weighted by molar-refractivity contribution is -0.132. The molecule has 0 spiro atoms. The van der Waals surface area contributed by atoms with Gasteiger partial charge in [-0.25, -0.2) is 0 Å². The molecule has 1 aliphatic heterocycles. The Labute approximate surface area is 170 Å². The smallest absolute Gasteiger partial charge is 0.220 e. The Hall–Kier alpha value is -1.81. The number of hydrogen-bond donors (Lipinski definition) is 1. The van der Waals surface area contributed by atoms with Crippen LogP contribution in [-0.2, 0) is 11.2 Å². The van der Waals surface area contributed by atoms with Crippen LogP contribution in [0.4, 0.5) is 0 Å². The van der Waals surface area contributed by atoms with Crippen LogP contribution in [-0.4, -0.2) is 46.9 Å². The molecule has 3 rings (SSSR count). The standard InChI is InChI=1S/C24H37N3O/c1-4-6-15-26(16-7-5-2)17-10-13-23-24-21(14-18-27(23)19(3)28)20-11-8-9-12-22(20)25-24/h8-9,11-12,23,25H,4-7,10,13-18H2,1-3H3. The van der Waals surface area contributed by atoms with Crippen molar-refractivity contribution in [1.82, 2.24) is 14.8 Å². The van der Waals surface area contributed by atoms with Gasteiger partial charge < -0.3 is 14.8 Å². The number of fused-ring (bicyclic) bond motifs is 3. The number of nitrogens with zero attached hydrogens (tertiary/aromatic N) is 2. The van der Waals surface area contributed by atoms with E-state index in [2.05, 4.69) is 52.9 Å². The Bertz CT molecular complexity index is 758. The average Bonchev–Trinajstić information content (AvgIpc) is 3.08. The Morgan fingerprint density at radius 1 is 1.11 bits per heavy atom. The van der Waals surface area contributed by atoms with E-state index in [0.717, 1.165) is 32.4 Å². The van der Waals surface area contributed by atoms with Crippen molar-refractivity contribution in [1.29, 1.82) is 0 Å². The average molecular weight is 384 g/mol. The molecule has 0 radical (unpaired) electrons. The van der Waals surface area contributed by atoms with Crippen molar-refractivity contribution in [2.45, 2.75) is 71.8 Å². The van der Waals surface area contributed by atoms with Crippen molar-refractivity contribution in [3.63, 3.8) is 0 Å². The largest absolute Gasteiger partial charge is 0.356 e. The van der Waals surface area contributed by atoms with Gasteiger partial charge in [0.15, 0.2) is 0 Å². The van der Waals surface area contributed by atoms with E-state index in [0.29, 0.717) is 0 Å². The molecule has 2 aromatic rings. The van der Waals surface area contributed by atoms with Crippen molar-refractivity contribution in [2.75, 3.05) is 26.2 Å². The van der Waals surface area contributed by atoms with Gasteiger partial charge in [-0.05, 0) is 63.4 Å². The maximum Gasteiger partial charge on any atom is 0.220 e.